The Morgan fingerprint density at radius 2 is 1.28 bits per heavy atom. The van der Waals surface area contributed by atoms with Crippen molar-refractivity contribution in [3.63, 3.8) is 0 Å². The number of aromatic hydroxyl groups is 1. The zero-order valence-corrected chi connectivity index (χ0v) is 12.2. The number of phenolic OH excluding ortho intramolecular Hbond substituents is 1. The third-order valence-electron chi connectivity index (χ3n) is 3.32. The van der Waals surface area contributed by atoms with E-state index in [9.17, 15) is 5.11 Å². The molecule has 18 heavy (non-hydrogen) atoms. The maximum Gasteiger partial charge on any atom is 0.200 e. The number of benzene rings is 1. The second-order valence-electron chi connectivity index (χ2n) is 5.29. The number of methoxy groups -OCH3 is 2. The molecule has 0 radical (unpaired) electrons. The predicted molar refractivity (Wildman–Crippen MR) is 73.6 cm³/mol. The van der Waals surface area contributed by atoms with E-state index in [-0.39, 0.29) is 5.75 Å². The average Bonchev–Trinajstić information content (AvgIpc) is 2.29. The van der Waals surface area contributed by atoms with E-state index in [2.05, 4.69) is 27.7 Å². The van der Waals surface area contributed by atoms with Gasteiger partial charge in [0.15, 0.2) is 11.5 Å². The van der Waals surface area contributed by atoms with Crippen molar-refractivity contribution in [3.8, 4) is 17.2 Å². The lowest BCUT2D eigenvalue weighted by Crippen LogP contribution is -2.13. The molecule has 0 heterocycles. The summed E-state index contributed by atoms with van der Waals surface area (Å²) in [7, 11) is 3.11. The van der Waals surface area contributed by atoms with Gasteiger partial charge in [-0.15, -0.1) is 0 Å². The van der Waals surface area contributed by atoms with Crippen molar-refractivity contribution in [1.29, 1.82) is 0 Å². The number of ether oxygens (including phenoxy) is 2. The summed E-state index contributed by atoms with van der Waals surface area (Å²) in [5.41, 5.74) is 1.14. The van der Waals surface area contributed by atoms with Gasteiger partial charge in [0.1, 0.15) is 0 Å². The van der Waals surface area contributed by atoms with E-state index in [1.807, 2.05) is 12.1 Å². The Morgan fingerprint density at radius 3 is 1.56 bits per heavy atom. The molecule has 3 heteroatoms. The average molecular weight is 252 g/mol. The van der Waals surface area contributed by atoms with Crippen LogP contribution in [0.2, 0.25) is 0 Å². The Balaban J connectivity index is 3.31. The van der Waals surface area contributed by atoms with Crippen molar-refractivity contribution in [3.05, 3.63) is 17.7 Å². The van der Waals surface area contributed by atoms with Crippen LogP contribution in [0.25, 0.3) is 0 Å². The molecule has 0 spiro atoms. The summed E-state index contributed by atoms with van der Waals surface area (Å²) < 4.78 is 10.4. The third-order valence-corrected chi connectivity index (χ3v) is 3.32. The van der Waals surface area contributed by atoms with Gasteiger partial charge in [-0.1, -0.05) is 27.7 Å². The lowest BCUT2D eigenvalue weighted by Gasteiger charge is -2.26. The second kappa shape index (κ2) is 5.98. The minimum Gasteiger partial charge on any atom is -0.502 e. The Bertz CT molecular complexity index is 364. The van der Waals surface area contributed by atoms with E-state index in [1.54, 1.807) is 14.2 Å². The minimum atomic E-state index is 0.0648. The van der Waals surface area contributed by atoms with Gasteiger partial charge in [0, 0.05) is 0 Å². The molecule has 102 valence electrons. The molecule has 0 amide bonds. The molecule has 3 nitrogen and oxygen atoms in total. The first-order chi connectivity index (χ1) is 8.42. The van der Waals surface area contributed by atoms with Crippen molar-refractivity contribution < 1.29 is 14.6 Å². The summed E-state index contributed by atoms with van der Waals surface area (Å²) >= 11 is 0. The van der Waals surface area contributed by atoms with Crippen LogP contribution in [-0.2, 0) is 0 Å². The number of hydrogen-bond donors (Lipinski definition) is 1. The molecule has 0 unspecified atom stereocenters. The van der Waals surface area contributed by atoms with Crippen molar-refractivity contribution in [2.75, 3.05) is 14.2 Å². The van der Waals surface area contributed by atoms with Crippen molar-refractivity contribution >= 4 is 0 Å². The van der Waals surface area contributed by atoms with E-state index >= 15 is 0 Å². The van der Waals surface area contributed by atoms with E-state index < -0.39 is 0 Å². The van der Waals surface area contributed by atoms with Gasteiger partial charge in [0.25, 0.3) is 0 Å². The lowest BCUT2D eigenvalue weighted by atomic mass is 9.80. The Kier molecular flexibility index (Phi) is 4.88. The standard InChI is InChI=1S/C15H24O3/c1-9(2)14(10(3)4)11-7-12(17-5)15(16)13(8-11)18-6/h7-10,14,16H,1-6H3. The van der Waals surface area contributed by atoms with Crippen LogP contribution in [0.3, 0.4) is 0 Å². The summed E-state index contributed by atoms with van der Waals surface area (Å²) in [6.07, 6.45) is 0. The molecule has 1 aromatic carbocycles. The SMILES string of the molecule is COc1cc(C(C(C)C)C(C)C)cc(OC)c1O. The second-order valence-corrected chi connectivity index (χ2v) is 5.29. The van der Waals surface area contributed by atoms with E-state index in [4.69, 9.17) is 9.47 Å². The van der Waals surface area contributed by atoms with Crippen LogP contribution in [-0.4, -0.2) is 19.3 Å². The van der Waals surface area contributed by atoms with Crippen LogP contribution < -0.4 is 9.47 Å². The normalized spacial score (nSPS) is 11.4. The summed E-state index contributed by atoms with van der Waals surface area (Å²) in [6, 6.07) is 3.81. The number of hydrogen-bond acceptors (Lipinski definition) is 3. The predicted octanol–water partition coefficient (Wildman–Crippen LogP) is 3.81. The minimum absolute atomic E-state index is 0.0648. The highest BCUT2D eigenvalue weighted by Crippen LogP contribution is 2.42. The molecule has 1 rings (SSSR count). The van der Waals surface area contributed by atoms with Gasteiger partial charge in [0.2, 0.25) is 5.75 Å². The Morgan fingerprint density at radius 1 is 0.889 bits per heavy atom. The van der Waals surface area contributed by atoms with Gasteiger partial charge >= 0.3 is 0 Å². The van der Waals surface area contributed by atoms with Gasteiger partial charge < -0.3 is 14.6 Å². The van der Waals surface area contributed by atoms with Crippen LogP contribution in [0.5, 0.6) is 17.2 Å². The van der Waals surface area contributed by atoms with E-state index in [0.717, 1.165) is 5.56 Å². The van der Waals surface area contributed by atoms with Gasteiger partial charge in [0.05, 0.1) is 14.2 Å². The molecule has 1 aromatic rings. The summed E-state index contributed by atoms with van der Waals surface area (Å²) in [6.45, 7) is 8.82. The van der Waals surface area contributed by atoms with Crippen LogP contribution in [0, 0.1) is 11.8 Å². The molecule has 0 bridgehead atoms. The van der Waals surface area contributed by atoms with E-state index in [1.165, 1.54) is 0 Å². The van der Waals surface area contributed by atoms with Crippen LogP contribution >= 0.6 is 0 Å². The zero-order chi connectivity index (χ0) is 13.9. The first kappa shape index (κ1) is 14.7. The molecule has 0 aromatic heterocycles. The van der Waals surface area contributed by atoms with Gasteiger partial charge in [-0.25, -0.2) is 0 Å². The first-order valence-corrected chi connectivity index (χ1v) is 6.37. The fourth-order valence-electron chi connectivity index (χ4n) is 2.65. The number of phenols is 1. The molecular weight excluding hydrogens is 228 g/mol. The quantitative estimate of drug-likeness (QED) is 0.866. The van der Waals surface area contributed by atoms with Crippen molar-refractivity contribution in [2.45, 2.75) is 33.6 Å². The first-order valence-electron chi connectivity index (χ1n) is 6.37. The smallest absolute Gasteiger partial charge is 0.200 e. The topological polar surface area (TPSA) is 38.7 Å². The highest BCUT2D eigenvalue weighted by molar-refractivity contribution is 5.53. The lowest BCUT2D eigenvalue weighted by molar-refractivity contribution is 0.333. The van der Waals surface area contributed by atoms with Crippen molar-refractivity contribution in [2.24, 2.45) is 11.8 Å². The van der Waals surface area contributed by atoms with Gasteiger partial charge in [-0.05, 0) is 35.4 Å². The molecule has 0 aliphatic heterocycles. The zero-order valence-electron chi connectivity index (χ0n) is 12.2. The molecule has 0 saturated carbocycles. The molecule has 0 fully saturated rings. The number of rotatable bonds is 5. The molecule has 0 aliphatic rings. The summed E-state index contributed by atoms with van der Waals surface area (Å²) in [4.78, 5) is 0. The van der Waals surface area contributed by atoms with Gasteiger partial charge in [-0.2, -0.15) is 0 Å². The Hall–Kier alpha value is -1.38. The largest absolute Gasteiger partial charge is 0.502 e. The summed E-state index contributed by atoms with van der Waals surface area (Å²) in [5.74, 6) is 2.45. The fourth-order valence-corrected chi connectivity index (χ4v) is 2.65. The van der Waals surface area contributed by atoms with Crippen LogP contribution in [0.15, 0.2) is 12.1 Å². The van der Waals surface area contributed by atoms with Crippen molar-refractivity contribution in [1.82, 2.24) is 0 Å². The van der Waals surface area contributed by atoms with Gasteiger partial charge in [-0.3, -0.25) is 0 Å². The Labute approximate surface area is 110 Å². The molecule has 0 saturated heterocycles. The maximum atomic E-state index is 9.92. The third kappa shape index (κ3) is 2.89. The monoisotopic (exact) mass is 252 g/mol. The molecule has 0 atom stereocenters. The van der Waals surface area contributed by atoms with Crippen LogP contribution in [0.1, 0.15) is 39.2 Å². The molecule has 0 aliphatic carbocycles. The maximum absolute atomic E-state index is 9.92. The highest BCUT2D eigenvalue weighted by Gasteiger charge is 2.23. The van der Waals surface area contributed by atoms with E-state index in [0.29, 0.717) is 29.3 Å². The highest BCUT2D eigenvalue weighted by atomic mass is 16.5. The fraction of sp³-hybridized carbons (Fsp3) is 0.600. The summed E-state index contributed by atoms with van der Waals surface area (Å²) in [5, 5.41) is 9.92. The molecule has 1 N–H and O–H groups in total. The molecular formula is C15H24O3. The van der Waals surface area contributed by atoms with Crippen LogP contribution in [0.4, 0.5) is 0 Å².